The molecule has 0 unspecified atom stereocenters. The molecular weight excluding hydrogens is 345 g/mol. The SMILES string of the molecule is O=C(Nc1ccc(CN2CCNCC2)cc1)c1cccnc1C(F)(F)F. The molecule has 0 saturated carbocycles. The number of amides is 1. The Morgan fingerprint density at radius 3 is 2.50 bits per heavy atom. The van der Waals surface area contributed by atoms with E-state index in [0.29, 0.717) is 5.69 Å². The zero-order valence-electron chi connectivity index (χ0n) is 14.0. The summed E-state index contributed by atoms with van der Waals surface area (Å²) in [6.07, 6.45) is -3.66. The Morgan fingerprint density at radius 1 is 1.15 bits per heavy atom. The van der Waals surface area contributed by atoms with Crippen LogP contribution in [0, 0.1) is 0 Å². The molecule has 5 nitrogen and oxygen atoms in total. The molecule has 2 aromatic rings. The Hall–Kier alpha value is -2.45. The van der Waals surface area contributed by atoms with Crippen molar-refractivity contribution in [3.8, 4) is 0 Å². The molecule has 1 fully saturated rings. The lowest BCUT2D eigenvalue weighted by Gasteiger charge is -2.27. The highest BCUT2D eigenvalue weighted by Gasteiger charge is 2.36. The van der Waals surface area contributed by atoms with Gasteiger partial charge in [-0.15, -0.1) is 0 Å². The van der Waals surface area contributed by atoms with E-state index >= 15 is 0 Å². The topological polar surface area (TPSA) is 57.3 Å². The van der Waals surface area contributed by atoms with E-state index in [1.54, 1.807) is 12.1 Å². The summed E-state index contributed by atoms with van der Waals surface area (Å²) in [6, 6.07) is 9.54. The summed E-state index contributed by atoms with van der Waals surface area (Å²) in [5.41, 5.74) is -0.156. The lowest BCUT2D eigenvalue weighted by molar-refractivity contribution is -0.141. The number of benzene rings is 1. The smallest absolute Gasteiger partial charge is 0.322 e. The molecule has 3 rings (SSSR count). The average molecular weight is 364 g/mol. The summed E-state index contributed by atoms with van der Waals surface area (Å²) in [7, 11) is 0. The summed E-state index contributed by atoms with van der Waals surface area (Å²) >= 11 is 0. The van der Waals surface area contributed by atoms with Crippen LogP contribution >= 0.6 is 0 Å². The van der Waals surface area contributed by atoms with E-state index in [9.17, 15) is 18.0 Å². The Balaban J connectivity index is 1.67. The fourth-order valence-electron chi connectivity index (χ4n) is 2.83. The van der Waals surface area contributed by atoms with Crippen LogP contribution in [-0.2, 0) is 12.7 Å². The van der Waals surface area contributed by atoms with Crippen LogP contribution in [0.1, 0.15) is 21.6 Å². The molecule has 8 heteroatoms. The number of halogens is 3. The first-order valence-electron chi connectivity index (χ1n) is 8.29. The highest BCUT2D eigenvalue weighted by molar-refractivity contribution is 6.05. The predicted octanol–water partition coefficient (Wildman–Crippen LogP) is 2.76. The van der Waals surface area contributed by atoms with E-state index in [2.05, 4.69) is 20.5 Å². The van der Waals surface area contributed by atoms with Crippen molar-refractivity contribution in [3.05, 3.63) is 59.4 Å². The van der Waals surface area contributed by atoms with Crippen molar-refractivity contribution in [1.29, 1.82) is 0 Å². The summed E-state index contributed by atoms with van der Waals surface area (Å²) in [5, 5.41) is 5.79. The van der Waals surface area contributed by atoms with E-state index < -0.39 is 23.3 Å². The minimum Gasteiger partial charge on any atom is -0.322 e. The number of piperazine rings is 1. The van der Waals surface area contributed by atoms with Crippen LogP contribution in [0.15, 0.2) is 42.6 Å². The maximum Gasteiger partial charge on any atom is 0.434 e. The van der Waals surface area contributed by atoms with Crippen molar-refractivity contribution < 1.29 is 18.0 Å². The van der Waals surface area contributed by atoms with Crippen molar-refractivity contribution in [2.45, 2.75) is 12.7 Å². The van der Waals surface area contributed by atoms with Crippen LogP contribution in [0.2, 0.25) is 0 Å². The fraction of sp³-hybridized carbons (Fsp3) is 0.333. The van der Waals surface area contributed by atoms with Gasteiger partial charge in [0.25, 0.3) is 5.91 Å². The molecule has 2 N–H and O–H groups in total. The third-order valence-corrected chi connectivity index (χ3v) is 4.15. The maximum absolute atomic E-state index is 13.0. The van der Waals surface area contributed by atoms with Crippen LogP contribution in [0.3, 0.4) is 0 Å². The standard InChI is InChI=1S/C18H19F3N4O/c19-18(20,21)16-15(2-1-7-23-16)17(26)24-14-5-3-13(4-6-14)12-25-10-8-22-9-11-25/h1-7,22H,8-12H2,(H,24,26). The van der Waals surface area contributed by atoms with Crippen molar-refractivity contribution in [2.24, 2.45) is 0 Å². The number of nitrogens with zero attached hydrogens (tertiary/aromatic N) is 2. The number of hydrogen-bond acceptors (Lipinski definition) is 4. The summed E-state index contributed by atoms with van der Waals surface area (Å²) < 4.78 is 38.9. The van der Waals surface area contributed by atoms with Gasteiger partial charge in [-0.2, -0.15) is 13.2 Å². The highest BCUT2D eigenvalue weighted by atomic mass is 19.4. The number of rotatable bonds is 4. The quantitative estimate of drug-likeness (QED) is 0.876. The molecule has 0 radical (unpaired) electrons. The molecule has 2 heterocycles. The molecule has 1 saturated heterocycles. The minimum absolute atomic E-state index is 0.441. The number of nitrogens with one attached hydrogen (secondary N) is 2. The molecule has 1 amide bonds. The Labute approximate surface area is 149 Å². The maximum atomic E-state index is 13.0. The van der Waals surface area contributed by atoms with E-state index in [1.165, 1.54) is 6.07 Å². The molecule has 0 spiro atoms. The van der Waals surface area contributed by atoms with Crippen LogP contribution in [-0.4, -0.2) is 42.0 Å². The van der Waals surface area contributed by atoms with Crippen LogP contribution in [0.4, 0.5) is 18.9 Å². The third-order valence-electron chi connectivity index (χ3n) is 4.15. The Bertz CT molecular complexity index is 756. The van der Waals surface area contributed by atoms with Gasteiger partial charge in [0.2, 0.25) is 0 Å². The third kappa shape index (κ3) is 4.59. The molecule has 1 aliphatic heterocycles. The number of alkyl halides is 3. The average Bonchev–Trinajstić information content (AvgIpc) is 2.63. The molecule has 0 aliphatic carbocycles. The van der Waals surface area contributed by atoms with Gasteiger partial charge in [0.1, 0.15) is 0 Å². The van der Waals surface area contributed by atoms with Gasteiger partial charge in [-0.1, -0.05) is 12.1 Å². The number of hydrogen-bond donors (Lipinski definition) is 2. The van der Waals surface area contributed by atoms with Crippen LogP contribution in [0.5, 0.6) is 0 Å². The second-order valence-electron chi connectivity index (χ2n) is 6.07. The minimum atomic E-state index is -4.68. The van der Waals surface area contributed by atoms with E-state index in [1.807, 2.05) is 12.1 Å². The molecule has 1 aliphatic rings. The van der Waals surface area contributed by atoms with Gasteiger partial charge >= 0.3 is 6.18 Å². The van der Waals surface area contributed by atoms with E-state index in [4.69, 9.17) is 0 Å². The van der Waals surface area contributed by atoms with Crippen molar-refractivity contribution in [1.82, 2.24) is 15.2 Å². The summed E-state index contributed by atoms with van der Waals surface area (Å²) in [5.74, 6) is -0.833. The molecule has 0 bridgehead atoms. The first-order chi connectivity index (χ1) is 12.4. The van der Waals surface area contributed by atoms with Gasteiger partial charge in [-0.3, -0.25) is 14.7 Å². The lowest BCUT2D eigenvalue weighted by Crippen LogP contribution is -2.42. The van der Waals surface area contributed by atoms with Gasteiger partial charge < -0.3 is 10.6 Å². The predicted molar refractivity (Wildman–Crippen MR) is 91.8 cm³/mol. The first kappa shape index (κ1) is 18.3. The van der Waals surface area contributed by atoms with E-state index in [-0.39, 0.29) is 0 Å². The van der Waals surface area contributed by atoms with Gasteiger partial charge in [-0.05, 0) is 29.8 Å². The molecule has 138 valence electrons. The molecular formula is C18H19F3N4O. The number of carbonyl (C=O) groups excluding carboxylic acids is 1. The van der Waals surface area contributed by atoms with Gasteiger partial charge in [0.15, 0.2) is 5.69 Å². The van der Waals surface area contributed by atoms with Crippen molar-refractivity contribution in [2.75, 3.05) is 31.5 Å². The van der Waals surface area contributed by atoms with Crippen molar-refractivity contribution in [3.63, 3.8) is 0 Å². The fourth-order valence-corrected chi connectivity index (χ4v) is 2.83. The Morgan fingerprint density at radius 2 is 1.85 bits per heavy atom. The largest absolute Gasteiger partial charge is 0.434 e. The van der Waals surface area contributed by atoms with E-state index in [0.717, 1.165) is 50.6 Å². The monoisotopic (exact) mass is 364 g/mol. The second-order valence-corrected chi connectivity index (χ2v) is 6.07. The second kappa shape index (κ2) is 7.84. The lowest BCUT2D eigenvalue weighted by atomic mass is 10.1. The van der Waals surface area contributed by atoms with Crippen molar-refractivity contribution >= 4 is 11.6 Å². The number of pyridine rings is 1. The summed E-state index contributed by atoms with van der Waals surface area (Å²) in [6.45, 7) is 4.66. The Kier molecular flexibility index (Phi) is 5.53. The highest BCUT2D eigenvalue weighted by Crippen LogP contribution is 2.30. The number of aromatic nitrogens is 1. The normalized spacial score (nSPS) is 15.7. The molecule has 26 heavy (non-hydrogen) atoms. The zero-order chi connectivity index (χ0) is 18.6. The molecule has 1 aromatic carbocycles. The molecule has 0 atom stereocenters. The van der Waals surface area contributed by atoms with Gasteiger partial charge in [-0.25, -0.2) is 0 Å². The van der Waals surface area contributed by atoms with Crippen LogP contribution < -0.4 is 10.6 Å². The number of carbonyl (C=O) groups is 1. The van der Waals surface area contributed by atoms with Gasteiger partial charge in [0.05, 0.1) is 5.56 Å². The van der Waals surface area contributed by atoms with Crippen LogP contribution in [0.25, 0.3) is 0 Å². The zero-order valence-corrected chi connectivity index (χ0v) is 14.0. The summed E-state index contributed by atoms with van der Waals surface area (Å²) in [4.78, 5) is 17.8. The molecule has 1 aromatic heterocycles. The van der Waals surface area contributed by atoms with Gasteiger partial charge in [0, 0.05) is 44.6 Å². The first-order valence-corrected chi connectivity index (χ1v) is 8.29. The number of anilines is 1.